The summed E-state index contributed by atoms with van der Waals surface area (Å²) in [4.78, 5) is 24.6. The molecule has 1 heterocycles. The lowest BCUT2D eigenvalue weighted by Crippen LogP contribution is -2.27. The zero-order valence-electron chi connectivity index (χ0n) is 19.7. The lowest BCUT2D eigenvalue weighted by Gasteiger charge is -2.20. The molecule has 1 aliphatic rings. The monoisotopic (exact) mass is 586 g/mol. The summed E-state index contributed by atoms with van der Waals surface area (Å²) in [5.74, 6) is 0.0423. The molecule has 1 saturated heterocycles. The van der Waals surface area contributed by atoms with Crippen LogP contribution in [0.15, 0.2) is 71.7 Å². The molecule has 3 N–H and O–H groups in total. The summed E-state index contributed by atoms with van der Waals surface area (Å²) >= 11 is 2.09. The minimum Gasteiger partial charge on any atom is -0.495 e. The van der Waals surface area contributed by atoms with Gasteiger partial charge in [-0.3, -0.25) is 10.3 Å². The molecule has 35 heavy (non-hydrogen) atoms. The van der Waals surface area contributed by atoms with E-state index in [4.69, 9.17) is 14.6 Å². The second-order valence-electron chi connectivity index (χ2n) is 8.28. The van der Waals surface area contributed by atoms with Crippen LogP contribution in [-0.4, -0.2) is 44.7 Å². The lowest BCUT2D eigenvalue weighted by atomic mass is 9.95. The molecule has 8 nitrogen and oxygen atoms in total. The number of hydrogen-bond acceptors (Lipinski definition) is 6. The van der Waals surface area contributed by atoms with Gasteiger partial charge in [0.2, 0.25) is 0 Å². The van der Waals surface area contributed by atoms with Gasteiger partial charge in [0.1, 0.15) is 17.7 Å². The highest BCUT2D eigenvalue weighted by atomic mass is 127. The maximum absolute atomic E-state index is 11.8. The Morgan fingerprint density at radius 2 is 1.91 bits per heavy atom. The van der Waals surface area contributed by atoms with Crippen LogP contribution in [0.25, 0.3) is 0 Å². The van der Waals surface area contributed by atoms with E-state index in [1.165, 1.54) is 0 Å². The van der Waals surface area contributed by atoms with Crippen LogP contribution in [0.1, 0.15) is 22.0 Å². The summed E-state index contributed by atoms with van der Waals surface area (Å²) in [6.45, 7) is 0.485. The second kappa shape index (κ2) is 11.0. The second-order valence-corrected chi connectivity index (χ2v) is 9.52. The Morgan fingerprint density at radius 1 is 1.17 bits per heavy atom. The summed E-state index contributed by atoms with van der Waals surface area (Å²) in [6, 6.07) is 21.0. The minimum absolute atomic E-state index is 0.140. The molecule has 0 saturated carbocycles. The number of para-hydroxylation sites is 2. The molecular formula is C26H27IN4O4. The maximum Gasteiger partial charge on any atom is 0.337 e. The molecule has 3 aromatic rings. The van der Waals surface area contributed by atoms with Gasteiger partial charge in [-0.15, -0.1) is 0 Å². The van der Waals surface area contributed by atoms with Crippen molar-refractivity contribution in [1.82, 2.24) is 5.48 Å². The molecule has 0 spiro atoms. The average Bonchev–Trinajstić information content (AvgIpc) is 3.26. The number of methoxy groups -OCH3 is 1. The number of hydroxylamine groups is 1. The highest BCUT2D eigenvalue weighted by Gasteiger charge is 2.36. The number of benzene rings is 3. The lowest BCUT2D eigenvalue weighted by molar-refractivity contribution is 0.0296. The van der Waals surface area contributed by atoms with Gasteiger partial charge in [-0.2, -0.15) is 0 Å². The first-order valence-electron chi connectivity index (χ1n) is 11.0. The molecule has 2 atom stereocenters. The van der Waals surface area contributed by atoms with E-state index < -0.39 is 5.97 Å². The number of aromatic carboxylic acids is 1. The Morgan fingerprint density at radius 3 is 2.60 bits per heavy atom. The van der Waals surface area contributed by atoms with Crippen LogP contribution in [-0.2, 0) is 4.84 Å². The Bertz CT molecular complexity index is 1230. The summed E-state index contributed by atoms with van der Waals surface area (Å²) in [5.41, 5.74) is 6.39. The van der Waals surface area contributed by atoms with E-state index in [9.17, 15) is 9.90 Å². The molecule has 0 aliphatic carbocycles. The molecular weight excluding hydrogens is 559 g/mol. The number of anilines is 2. The van der Waals surface area contributed by atoms with Crippen LogP contribution in [0, 0.1) is 9.49 Å². The Labute approximate surface area is 218 Å². The molecule has 9 heteroatoms. The van der Waals surface area contributed by atoms with Gasteiger partial charge in [-0.1, -0.05) is 24.3 Å². The predicted octanol–water partition coefficient (Wildman–Crippen LogP) is 5.10. The van der Waals surface area contributed by atoms with Crippen molar-refractivity contribution in [1.29, 1.82) is 0 Å². The number of nitrogens with one attached hydrogen (secondary N) is 2. The summed E-state index contributed by atoms with van der Waals surface area (Å²) < 4.78 is 6.30. The number of amidine groups is 1. The van der Waals surface area contributed by atoms with Crippen molar-refractivity contribution in [3.05, 3.63) is 81.4 Å². The first-order chi connectivity index (χ1) is 16.9. The van der Waals surface area contributed by atoms with Crippen molar-refractivity contribution in [2.45, 2.75) is 6.10 Å². The third-order valence-corrected chi connectivity index (χ3v) is 6.47. The number of hydrogen-bond donors (Lipinski definition) is 3. The summed E-state index contributed by atoms with van der Waals surface area (Å²) in [7, 11) is 5.62. The highest BCUT2D eigenvalue weighted by molar-refractivity contribution is 14.1. The van der Waals surface area contributed by atoms with Crippen LogP contribution in [0.4, 0.5) is 17.1 Å². The zero-order valence-corrected chi connectivity index (χ0v) is 21.8. The molecule has 3 aromatic carbocycles. The van der Waals surface area contributed by atoms with E-state index in [0.29, 0.717) is 18.1 Å². The van der Waals surface area contributed by atoms with Crippen LogP contribution < -0.4 is 20.4 Å². The molecule has 4 rings (SSSR count). The first-order valence-corrected chi connectivity index (χ1v) is 12.1. The maximum atomic E-state index is 11.8. The fourth-order valence-corrected chi connectivity index (χ4v) is 4.41. The smallest absolute Gasteiger partial charge is 0.337 e. The van der Waals surface area contributed by atoms with Gasteiger partial charge < -0.3 is 20.1 Å². The largest absolute Gasteiger partial charge is 0.495 e. The van der Waals surface area contributed by atoms with Crippen molar-refractivity contribution in [3.63, 3.8) is 0 Å². The summed E-state index contributed by atoms with van der Waals surface area (Å²) in [6.07, 6.45) is -0.329. The van der Waals surface area contributed by atoms with Gasteiger partial charge in [-0.05, 0) is 70.6 Å². The van der Waals surface area contributed by atoms with Crippen molar-refractivity contribution < 1.29 is 19.5 Å². The van der Waals surface area contributed by atoms with Gasteiger partial charge >= 0.3 is 5.97 Å². The Hall–Kier alpha value is -3.31. The number of ether oxygens (including phenoxy) is 1. The Balaban J connectivity index is 1.69. The number of aliphatic imine (C=N–C) groups is 1. The first kappa shape index (κ1) is 24.8. The van der Waals surface area contributed by atoms with Crippen LogP contribution in [0.5, 0.6) is 5.75 Å². The van der Waals surface area contributed by atoms with E-state index >= 15 is 0 Å². The van der Waals surface area contributed by atoms with Crippen molar-refractivity contribution in [2.75, 3.05) is 38.0 Å². The number of carboxylic acids is 1. The highest BCUT2D eigenvalue weighted by Crippen LogP contribution is 2.35. The Kier molecular flexibility index (Phi) is 7.76. The number of carboxylic acid groups (broad SMARTS) is 1. The fourth-order valence-electron chi connectivity index (χ4n) is 3.91. The van der Waals surface area contributed by atoms with Crippen LogP contribution in [0.3, 0.4) is 0 Å². The topological polar surface area (TPSA) is 95.4 Å². The number of nitrogens with zero attached hydrogens (tertiary/aromatic N) is 2. The normalized spacial score (nSPS) is 18.2. The molecule has 1 aliphatic heterocycles. The summed E-state index contributed by atoms with van der Waals surface area (Å²) in [5, 5.41) is 13.1. The third kappa shape index (κ3) is 5.68. The van der Waals surface area contributed by atoms with E-state index in [1.807, 2.05) is 73.6 Å². The molecule has 2 unspecified atom stereocenters. The van der Waals surface area contributed by atoms with Gasteiger partial charge in [0.15, 0.2) is 0 Å². The molecule has 0 bridgehead atoms. The van der Waals surface area contributed by atoms with E-state index in [0.717, 1.165) is 26.3 Å². The van der Waals surface area contributed by atoms with Crippen molar-refractivity contribution >= 4 is 51.5 Å². The van der Waals surface area contributed by atoms with E-state index in [2.05, 4.69) is 33.4 Å². The molecule has 0 radical (unpaired) electrons. The number of halogens is 1. The standard InChI is InChI=1S/C26H27IN4O4/c1-31(2)18-11-8-16(9-12-18)24-20(15-28-22-6-4-5-7-23(22)34-3)25(30-35-24)29-21-13-10-17(27)14-19(21)26(32)33/h4-14,20,24,28H,15H2,1-3H3,(H,29,30)(H,32,33). The van der Waals surface area contributed by atoms with Gasteiger partial charge in [-0.25, -0.2) is 9.79 Å². The zero-order chi connectivity index (χ0) is 24.9. The fraction of sp³-hybridized carbons (Fsp3) is 0.231. The van der Waals surface area contributed by atoms with Gasteiger partial charge in [0, 0.05) is 29.9 Å². The van der Waals surface area contributed by atoms with Gasteiger partial charge in [0.25, 0.3) is 0 Å². The van der Waals surface area contributed by atoms with E-state index in [1.54, 1.807) is 19.2 Å². The quantitative estimate of drug-likeness (QED) is 0.317. The third-order valence-electron chi connectivity index (χ3n) is 5.79. The van der Waals surface area contributed by atoms with Crippen molar-refractivity contribution in [2.24, 2.45) is 10.9 Å². The molecule has 0 amide bonds. The van der Waals surface area contributed by atoms with E-state index in [-0.39, 0.29) is 17.6 Å². The van der Waals surface area contributed by atoms with Crippen LogP contribution in [0.2, 0.25) is 0 Å². The number of rotatable bonds is 8. The molecule has 1 fully saturated rings. The van der Waals surface area contributed by atoms with Gasteiger partial charge in [0.05, 0.1) is 30.0 Å². The van der Waals surface area contributed by atoms with Crippen LogP contribution >= 0.6 is 22.6 Å². The molecule has 182 valence electrons. The number of carbonyl (C=O) groups is 1. The average molecular weight is 586 g/mol. The minimum atomic E-state index is -1.03. The SMILES string of the molecule is COc1ccccc1NCC1C(=Nc2ccc(I)cc2C(=O)O)NOC1c1ccc(N(C)C)cc1. The molecule has 0 aromatic heterocycles. The predicted molar refractivity (Wildman–Crippen MR) is 146 cm³/mol. The van der Waals surface area contributed by atoms with Crippen molar-refractivity contribution in [3.8, 4) is 5.75 Å².